The van der Waals surface area contributed by atoms with Crippen LogP contribution in [0.2, 0.25) is 0 Å². The molecule has 0 radical (unpaired) electrons. The first-order valence-electron chi connectivity index (χ1n) is 7.37. The predicted octanol–water partition coefficient (Wildman–Crippen LogP) is 4.18. The molecule has 1 aromatic heterocycles. The molecule has 1 saturated carbocycles. The molecule has 0 spiro atoms. The molecule has 1 heterocycles. The summed E-state index contributed by atoms with van der Waals surface area (Å²) in [5.74, 6) is 1.05. The summed E-state index contributed by atoms with van der Waals surface area (Å²) in [5, 5.41) is 3.51. The summed E-state index contributed by atoms with van der Waals surface area (Å²) in [6.45, 7) is 2.55. The summed E-state index contributed by atoms with van der Waals surface area (Å²) in [5.41, 5.74) is 2.08. The summed E-state index contributed by atoms with van der Waals surface area (Å²) in [7, 11) is 0. The van der Waals surface area contributed by atoms with Gasteiger partial charge in [-0.05, 0) is 49.4 Å². The van der Waals surface area contributed by atoms with Crippen LogP contribution in [0.3, 0.4) is 0 Å². The van der Waals surface area contributed by atoms with Gasteiger partial charge in [0.1, 0.15) is 5.82 Å². The molecule has 1 fully saturated rings. The van der Waals surface area contributed by atoms with Crippen LogP contribution in [0.4, 0.5) is 10.1 Å². The van der Waals surface area contributed by atoms with E-state index in [2.05, 4.69) is 10.3 Å². The standard InChI is InChI=1S/C17H19FN2O/c1-2-21-16-10-9-15(11-19-16)20-17(12-3-4-12)13-5-7-14(18)8-6-13/h5-12,17,20H,2-4H2,1H3. The van der Waals surface area contributed by atoms with Gasteiger partial charge in [0.2, 0.25) is 5.88 Å². The lowest BCUT2D eigenvalue weighted by Gasteiger charge is -2.20. The van der Waals surface area contributed by atoms with Crippen LogP contribution in [0.25, 0.3) is 0 Å². The van der Waals surface area contributed by atoms with E-state index in [0.29, 0.717) is 18.4 Å². The van der Waals surface area contributed by atoms with Crippen molar-refractivity contribution in [2.45, 2.75) is 25.8 Å². The molecule has 1 aliphatic rings. The van der Waals surface area contributed by atoms with Crippen molar-refractivity contribution in [2.75, 3.05) is 11.9 Å². The van der Waals surface area contributed by atoms with Gasteiger partial charge in [0.15, 0.2) is 0 Å². The van der Waals surface area contributed by atoms with Crippen LogP contribution in [0.1, 0.15) is 31.4 Å². The van der Waals surface area contributed by atoms with Crippen LogP contribution < -0.4 is 10.1 Å². The highest BCUT2D eigenvalue weighted by molar-refractivity contribution is 5.45. The molecule has 1 aromatic carbocycles. The Morgan fingerprint density at radius 3 is 2.57 bits per heavy atom. The summed E-state index contributed by atoms with van der Waals surface area (Å²) >= 11 is 0. The van der Waals surface area contributed by atoms with Gasteiger partial charge in [0.05, 0.1) is 24.5 Å². The van der Waals surface area contributed by atoms with Crippen molar-refractivity contribution in [1.82, 2.24) is 4.98 Å². The first-order valence-corrected chi connectivity index (χ1v) is 7.37. The Kier molecular flexibility index (Phi) is 4.04. The molecule has 1 unspecified atom stereocenters. The third-order valence-corrected chi connectivity index (χ3v) is 3.67. The predicted molar refractivity (Wildman–Crippen MR) is 80.9 cm³/mol. The van der Waals surface area contributed by atoms with E-state index in [0.717, 1.165) is 11.3 Å². The summed E-state index contributed by atoms with van der Waals surface area (Å²) < 4.78 is 18.4. The van der Waals surface area contributed by atoms with Gasteiger partial charge < -0.3 is 10.1 Å². The Morgan fingerprint density at radius 1 is 1.24 bits per heavy atom. The number of aromatic nitrogens is 1. The second-order valence-corrected chi connectivity index (χ2v) is 5.33. The minimum atomic E-state index is -0.198. The third-order valence-electron chi connectivity index (χ3n) is 3.67. The van der Waals surface area contributed by atoms with E-state index in [-0.39, 0.29) is 11.9 Å². The number of anilines is 1. The average molecular weight is 286 g/mol. The number of benzene rings is 1. The van der Waals surface area contributed by atoms with Crippen molar-refractivity contribution in [3.8, 4) is 5.88 Å². The van der Waals surface area contributed by atoms with Gasteiger partial charge in [0.25, 0.3) is 0 Å². The second-order valence-electron chi connectivity index (χ2n) is 5.33. The van der Waals surface area contributed by atoms with Crippen LogP contribution in [0.15, 0.2) is 42.6 Å². The average Bonchev–Trinajstić information content (AvgIpc) is 3.33. The van der Waals surface area contributed by atoms with Crippen molar-refractivity contribution < 1.29 is 9.13 Å². The van der Waals surface area contributed by atoms with Gasteiger partial charge in [0, 0.05) is 6.07 Å². The lowest BCUT2D eigenvalue weighted by molar-refractivity contribution is 0.327. The van der Waals surface area contributed by atoms with Crippen LogP contribution in [0, 0.1) is 11.7 Å². The van der Waals surface area contributed by atoms with E-state index in [4.69, 9.17) is 4.74 Å². The largest absolute Gasteiger partial charge is 0.478 e. The van der Waals surface area contributed by atoms with Crippen molar-refractivity contribution in [3.63, 3.8) is 0 Å². The van der Waals surface area contributed by atoms with Crippen LogP contribution in [-0.2, 0) is 0 Å². The fourth-order valence-electron chi connectivity index (χ4n) is 2.45. The van der Waals surface area contributed by atoms with Gasteiger partial charge in [-0.25, -0.2) is 9.37 Å². The topological polar surface area (TPSA) is 34.1 Å². The highest BCUT2D eigenvalue weighted by atomic mass is 19.1. The molecular formula is C17H19FN2O. The molecular weight excluding hydrogens is 267 g/mol. The number of nitrogens with one attached hydrogen (secondary N) is 1. The number of nitrogens with zero attached hydrogens (tertiary/aromatic N) is 1. The zero-order valence-corrected chi connectivity index (χ0v) is 12.1. The molecule has 4 heteroatoms. The molecule has 1 aliphatic carbocycles. The van der Waals surface area contributed by atoms with Gasteiger partial charge >= 0.3 is 0 Å². The normalized spacial score (nSPS) is 15.5. The summed E-state index contributed by atoms with van der Waals surface area (Å²) in [4.78, 5) is 4.26. The van der Waals surface area contributed by atoms with Crippen molar-refractivity contribution >= 4 is 5.69 Å². The fraction of sp³-hybridized carbons (Fsp3) is 0.353. The van der Waals surface area contributed by atoms with Crippen molar-refractivity contribution in [2.24, 2.45) is 5.92 Å². The number of halogens is 1. The lowest BCUT2D eigenvalue weighted by Crippen LogP contribution is -2.13. The Bertz CT molecular complexity index is 579. The smallest absolute Gasteiger partial charge is 0.213 e. The van der Waals surface area contributed by atoms with Crippen molar-refractivity contribution in [3.05, 3.63) is 54.0 Å². The van der Waals surface area contributed by atoms with Crippen LogP contribution in [0.5, 0.6) is 5.88 Å². The van der Waals surface area contributed by atoms with Gasteiger partial charge in [-0.2, -0.15) is 0 Å². The van der Waals surface area contributed by atoms with Crippen molar-refractivity contribution in [1.29, 1.82) is 0 Å². The molecule has 2 aromatic rings. The Morgan fingerprint density at radius 2 is 2.00 bits per heavy atom. The second kappa shape index (κ2) is 6.12. The molecule has 1 atom stereocenters. The minimum Gasteiger partial charge on any atom is -0.478 e. The third kappa shape index (κ3) is 3.51. The zero-order chi connectivity index (χ0) is 14.7. The maximum Gasteiger partial charge on any atom is 0.213 e. The van der Waals surface area contributed by atoms with Crippen LogP contribution in [-0.4, -0.2) is 11.6 Å². The minimum absolute atomic E-state index is 0.198. The van der Waals surface area contributed by atoms with Gasteiger partial charge in [-0.3, -0.25) is 0 Å². The van der Waals surface area contributed by atoms with Gasteiger partial charge in [-0.15, -0.1) is 0 Å². The van der Waals surface area contributed by atoms with E-state index < -0.39 is 0 Å². The highest BCUT2D eigenvalue weighted by Gasteiger charge is 2.32. The Balaban J connectivity index is 1.74. The van der Waals surface area contributed by atoms with Crippen LogP contribution >= 0.6 is 0 Å². The number of pyridine rings is 1. The molecule has 0 saturated heterocycles. The van der Waals surface area contributed by atoms with E-state index in [1.54, 1.807) is 6.20 Å². The molecule has 1 N–H and O–H groups in total. The SMILES string of the molecule is CCOc1ccc(NC(c2ccc(F)cc2)C2CC2)cn1. The highest BCUT2D eigenvalue weighted by Crippen LogP contribution is 2.42. The molecule has 0 aliphatic heterocycles. The monoisotopic (exact) mass is 286 g/mol. The number of hydrogen-bond donors (Lipinski definition) is 1. The molecule has 0 bridgehead atoms. The quantitative estimate of drug-likeness (QED) is 0.865. The zero-order valence-electron chi connectivity index (χ0n) is 12.1. The molecule has 0 amide bonds. The maximum absolute atomic E-state index is 13.1. The first-order chi connectivity index (χ1) is 10.3. The van der Waals surface area contributed by atoms with E-state index >= 15 is 0 Å². The van der Waals surface area contributed by atoms with Gasteiger partial charge in [-0.1, -0.05) is 12.1 Å². The lowest BCUT2D eigenvalue weighted by atomic mass is 10.0. The fourth-order valence-corrected chi connectivity index (χ4v) is 2.45. The molecule has 3 rings (SSSR count). The number of rotatable bonds is 6. The molecule has 21 heavy (non-hydrogen) atoms. The Hall–Kier alpha value is -2.10. The summed E-state index contributed by atoms with van der Waals surface area (Å²) in [6, 6.07) is 10.8. The van der Waals surface area contributed by atoms with E-state index in [1.165, 1.54) is 25.0 Å². The maximum atomic E-state index is 13.1. The molecule has 110 valence electrons. The summed E-state index contributed by atoms with van der Waals surface area (Å²) in [6.07, 6.45) is 4.20. The number of ether oxygens (including phenoxy) is 1. The molecule has 3 nitrogen and oxygen atoms in total. The first kappa shape index (κ1) is 13.9. The van der Waals surface area contributed by atoms with E-state index in [1.807, 2.05) is 31.2 Å². The number of hydrogen-bond acceptors (Lipinski definition) is 3. The Labute approximate surface area is 124 Å². The van der Waals surface area contributed by atoms with E-state index in [9.17, 15) is 4.39 Å².